The quantitative estimate of drug-likeness (QED) is 0.592. The maximum atomic E-state index is 12.3. The Kier molecular flexibility index (Phi) is 5.70. The fraction of sp³-hybridized carbons (Fsp3) is 0.545. The van der Waals surface area contributed by atoms with Crippen molar-refractivity contribution < 1.29 is 0 Å². The molecule has 0 fully saturated rings. The van der Waals surface area contributed by atoms with Gasteiger partial charge in [-0.3, -0.25) is 27.9 Å². The van der Waals surface area contributed by atoms with Crippen molar-refractivity contribution in [1.29, 1.82) is 0 Å². The van der Waals surface area contributed by atoms with E-state index in [0.717, 1.165) is 59.1 Å². The lowest BCUT2D eigenvalue weighted by Gasteiger charge is -2.05. The second-order valence-electron chi connectivity index (χ2n) is 8.64. The SMILES string of the molecule is Cn1c2c(c(=O)n(C)c1=O)CC(CCCCCCC1=Nc3c(c(=O)n(C)c(=O)n3C)C1)=N2. The van der Waals surface area contributed by atoms with Gasteiger partial charge in [-0.1, -0.05) is 12.8 Å². The van der Waals surface area contributed by atoms with Gasteiger partial charge in [-0.25, -0.2) is 19.6 Å². The van der Waals surface area contributed by atoms with Gasteiger partial charge in [0.25, 0.3) is 11.1 Å². The fourth-order valence-corrected chi connectivity index (χ4v) is 4.49. The monoisotopic (exact) mass is 440 g/mol. The normalized spacial score (nSPS) is 14.4. The highest BCUT2D eigenvalue weighted by Crippen LogP contribution is 2.25. The molecule has 170 valence electrons. The number of hydrogen-bond donors (Lipinski definition) is 0. The van der Waals surface area contributed by atoms with Crippen molar-refractivity contribution in [3.63, 3.8) is 0 Å². The third-order valence-corrected chi connectivity index (χ3v) is 6.42. The first-order valence-electron chi connectivity index (χ1n) is 10.9. The Balaban J connectivity index is 1.26. The predicted molar refractivity (Wildman–Crippen MR) is 123 cm³/mol. The topological polar surface area (TPSA) is 113 Å². The molecule has 2 aliphatic heterocycles. The summed E-state index contributed by atoms with van der Waals surface area (Å²) >= 11 is 0. The lowest BCUT2D eigenvalue weighted by Crippen LogP contribution is -2.38. The van der Waals surface area contributed by atoms with E-state index in [-0.39, 0.29) is 22.5 Å². The maximum absolute atomic E-state index is 12.3. The van der Waals surface area contributed by atoms with E-state index in [4.69, 9.17) is 0 Å². The Morgan fingerprint density at radius 2 is 0.969 bits per heavy atom. The summed E-state index contributed by atoms with van der Waals surface area (Å²) in [7, 11) is 6.27. The smallest absolute Gasteiger partial charge is 0.281 e. The molecule has 0 aromatic carbocycles. The lowest BCUT2D eigenvalue weighted by atomic mass is 10.0. The molecule has 0 aliphatic carbocycles. The lowest BCUT2D eigenvalue weighted by molar-refractivity contribution is 0.664. The number of hydrogen-bond acceptors (Lipinski definition) is 6. The molecule has 0 atom stereocenters. The van der Waals surface area contributed by atoms with Crippen LogP contribution in [0.2, 0.25) is 0 Å². The van der Waals surface area contributed by atoms with E-state index < -0.39 is 0 Å². The molecule has 0 unspecified atom stereocenters. The van der Waals surface area contributed by atoms with Crippen LogP contribution in [0.15, 0.2) is 29.2 Å². The molecule has 10 nitrogen and oxygen atoms in total. The van der Waals surface area contributed by atoms with Crippen LogP contribution in [0.3, 0.4) is 0 Å². The molecule has 2 aromatic heterocycles. The fourth-order valence-electron chi connectivity index (χ4n) is 4.49. The number of aliphatic imine (C=N–C) groups is 2. The van der Waals surface area contributed by atoms with Crippen LogP contribution >= 0.6 is 0 Å². The molecule has 0 saturated heterocycles. The number of fused-ring (bicyclic) bond motifs is 2. The highest BCUT2D eigenvalue weighted by atomic mass is 16.2. The molecule has 0 saturated carbocycles. The molecule has 10 heteroatoms. The minimum absolute atomic E-state index is 0.257. The summed E-state index contributed by atoms with van der Waals surface area (Å²) in [6.45, 7) is 0. The predicted octanol–water partition coefficient (Wildman–Crippen LogP) is 0.779. The van der Waals surface area contributed by atoms with Crippen molar-refractivity contribution >= 4 is 23.1 Å². The van der Waals surface area contributed by atoms with Gasteiger partial charge < -0.3 is 0 Å². The van der Waals surface area contributed by atoms with Crippen LogP contribution in [-0.2, 0) is 41.0 Å². The molecule has 4 rings (SSSR count). The summed E-state index contributed by atoms with van der Waals surface area (Å²) in [5.41, 5.74) is 1.88. The van der Waals surface area contributed by atoms with Crippen molar-refractivity contribution in [2.75, 3.05) is 0 Å². The van der Waals surface area contributed by atoms with E-state index >= 15 is 0 Å². The highest BCUT2D eigenvalue weighted by Gasteiger charge is 2.24. The zero-order valence-electron chi connectivity index (χ0n) is 19.0. The summed E-state index contributed by atoms with van der Waals surface area (Å²) < 4.78 is 5.14. The molecule has 0 bridgehead atoms. The van der Waals surface area contributed by atoms with E-state index in [9.17, 15) is 19.2 Å². The summed E-state index contributed by atoms with van der Waals surface area (Å²) in [4.78, 5) is 57.8. The van der Waals surface area contributed by atoms with Crippen molar-refractivity contribution in [3.05, 3.63) is 52.8 Å². The molecule has 0 N–H and O–H groups in total. The van der Waals surface area contributed by atoms with Gasteiger partial charge in [-0.05, 0) is 25.7 Å². The van der Waals surface area contributed by atoms with Gasteiger partial charge in [-0.15, -0.1) is 0 Å². The average Bonchev–Trinajstić information content (AvgIpc) is 3.40. The van der Waals surface area contributed by atoms with Crippen LogP contribution in [0, 0.1) is 0 Å². The van der Waals surface area contributed by atoms with Gasteiger partial charge in [0.2, 0.25) is 0 Å². The van der Waals surface area contributed by atoms with Crippen LogP contribution < -0.4 is 22.5 Å². The number of nitrogens with zero attached hydrogens (tertiary/aromatic N) is 6. The molecule has 32 heavy (non-hydrogen) atoms. The van der Waals surface area contributed by atoms with Gasteiger partial charge in [0, 0.05) is 52.5 Å². The minimum Gasteiger partial charge on any atom is -0.281 e. The zero-order chi connectivity index (χ0) is 23.2. The second kappa shape index (κ2) is 8.33. The van der Waals surface area contributed by atoms with Crippen LogP contribution in [0.1, 0.15) is 49.7 Å². The third-order valence-electron chi connectivity index (χ3n) is 6.42. The van der Waals surface area contributed by atoms with Crippen molar-refractivity contribution in [2.45, 2.75) is 51.4 Å². The molecular formula is C22H28N6O4. The van der Waals surface area contributed by atoms with Crippen molar-refractivity contribution in [1.82, 2.24) is 18.3 Å². The molecular weight excluding hydrogens is 412 g/mol. The van der Waals surface area contributed by atoms with Crippen LogP contribution in [-0.4, -0.2) is 29.7 Å². The Labute approximate surface area is 184 Å². The average molecular weight is 441 g/mol. The summed E-state index contributed by atoms with van der Waals surface area (Å²) in [6, 6.07) is 0. The Morgan fingerprint density at radius 3 is 1.34 bits per heavy atom. The van der Waals surface area contributed by atoms with Crippen LogP contribution in [0.5, 0.6) is 0 Å². The van der Waals surface area contributed by atoms with Gasteiger partial charge in [0.1, 0.15) is 11.6 Å². The molecule has 0 radical (unpaired) electrons. The molecule has 2 aromatic rings. The zero-order valence-corrected chi connectivity index (χ0v) is 19.0. The van der Waals surface area contributed by atoms with Gasteiger partial charge in [-0.2, -0.15) is 0 Å². The van der Waals surface area contributed by atoms with E-state index in [1.165, 1.54) is 23.2 Å². The Bertz CT molecular complexity index is 1290. The first-order valence-corrected chi connectivity index (χ1v) is 10.9. The minimum atomic E-state index is -0.353. The number of rotatable bonds is 7. The van der Waals surface area contributed by atoms with E-state index in [1.54, 1.807) is 14.1 Å². The van der Waals surface area contributed by atoms with Crippen LogP contribution in [0.25, 0.3) is 0 Å². The van der Waals surface area contributed by atoms with Crippen molar-refractivity contribution in [3.8, 4) is 0 Å². The van der Waals surface area contributed by atoms with Gasteiger partial charge in [0.05, 0.1) is 11.1 Å². The van der Waals surface area contributed by atoms with E-state index in [1.807, 2.05) is 0 Å². The first-order chi connectivity index (χ1) is 15.2. The summed E-state index contributed by atoms with van der Waals surface area (Å²) in [6.07, 6.45) is 6.59. The second-order valence-corrected chi connectivity index (χ2v) is 8.64. The summed E-state index contributed by atoms with van der Waals surface area (Å²) in [5.74, 6) is 0.986. The Morgan fingerprint density at radius 1 is 0.594 bits per heavy atom. The molecule has 2 aliphatic rings. The highest BCUT2D eigenvalue weighted by molar-refractivity contribution is 5.93. The maximum Gasteiger partial charge on any atom is 0.332 e. The van der Waals surface area contributed by atoms with Crippen molar-refractivity contribution in [2.24, 2.45) is 38.2 Å². The van der Waals surface area contributed by atoms with E-state index in [2.05, 4.69) is 9.98 Å². The third kappa shape index (κ3) is 3.63. The van der Waals surface area contributed by atoms with Crippen LogP contribution in [0.4, 0.5) is 11.6 Å². The Hall–Kier alpha value is -3.30. The number of unbranched alkanes of at least 4 members (excludes halogenated alkanes) is 3. The van der Waals surface area contributed by atoms with Gasteiger partial charge >= 0.3 is 11.4 Å². The summed E-state index contributed by atoms with van der Waals surface area (Å²) in [5, 5.41) is 0. The van der Waals surface area contributed by atoms with Gasteiger partial charge in [0.15, 0.2) is 0 Å². The molecule has 4 heterocycles. The first kappa shape index (κ1) is 21.9. The molecule has 0 amide bonds. The number of aromatic nitrogens is 4. The van der Waals surface area contributed by atoms with E-state index in [0.29, 0.717) is 35.6 Å². The standard InChI is InChI=1S/C22H28N6O4/c1-25-17-15(19(29)27(3)21(25)31)11-13(23-17)9-7-5-6-8-10-14-12-16-18(24-14)26(2)22(32)28(4)20(16)30/h5-12H2,1-4H3. The largest absolute Gasteiger partial charge is 0.332 e. The molecule has 0 spiro atoms.